The predicted molar refractivity (Wildman–Crippen MR) is 117 cm³/mol. The van der Waals surface area contributed by atoms with Crippen molar-refractivity contribution < 1.29 is 14.3 Å². The van der Waals surface area contributed by atoms with E-state index in [2.05, 4.69) is 22.4 Å². The Morgan fingerprint density at radius 1 is 1.03 bits per heavy atom. The minimum atomic E-state index is -0.126. The maximum Gasteiger partial charge on any atom is 0.251 e. The Kier molecular flexibility index (Phi) is 7.25. The van der Waals surface area contributed by atoms with Crippen LogP contribution in [0, 0.1) is 6.92 Å². The van der Waals surface area contributed by atoms with Gasteiger partial charge in [-0.1, -0.05) is 30.3 Å². The number of aryl methyl sites for hydroxylation is 1. The number of ether oxygens (including phenoxy) is 2. The fourth-order valence-electron chi connectivity index (χ4n) is 2.95. The maximum atomic E-state index is 12.6. The first-order valence-electron chi connectivity index (χ1n) is 9.82. The number of amides is 1. The first kappa shape index (κ1) is 20.9. The molecule has 0 bridgehead atoms. The third-order valence-corrected chi connectivity index (χ3v) is 5.62. The van der Waals surface area contributed by atoms with Crippen molar-refractivity contribution in [2.45, 2.75) is 27.2 Å². The van der Waals surface area contributed by atoms with Crippen molar-refractivity contribution in [3.63, 3.8) is 0 Å². The lowest BCUT2D eigenvalue weighted by Crippen LogP contribution is -2.25. The monoisotopic (exact) mass is 410 g/mol. The quantitative estimate of drug-likeness (QED) is 0.546. The van der Waals surface area contributed by atoms with Gasteiger partial charge in [-0.2, -0.15) is 0 Å². The van der Waals surface area contributed by atoms with Crippen LogP contribution in [0.4, 0.5) is 0 Å². The Bertz CT molecular complexity index is 954. The molecule has 0 fully saturated rings. The summed E-state index contributed by atoms with van der Waals surface area (Å²) in [5, 5.41) is 4.00. The van der Waals surface area contributed by atoms with Crippen molar-refractivity contribution in [3.8, 4) is 22.1 Å². The zero-order chi connectivity index (χ0) is 20.6. The van der Waals surface area contributed by atoms with E-state index in [0.717, 1.165) is 22.7 Å². The van der Waals surface area contributed by atoms with Gasteiger partial charge in [-0.05, 0) is 39.0 Å². The molecule has 29 heavy (non-hydrogen) atoms. The largest absolute Gasteiger partial charge is 0.490 e. The first-order chi connectivity index (χ1) is 14.1. The zero-order valence-electron chi connectivity index (χ0n) is 17.0. The summed E-state index contributed by atoms with van der Waals surface area (Å²) in [4.78, 5) is 18.4. The molecule has 0 aliphatic heterocycles. The highest BCUT2D eigenvalue weighted by molar-refractivity contribution is 7.15. The summed E-state index contributed by atoms with van der Waals surface area (Å²) in [5.74, 6) is 1.12. The number of benzene rings is 2. The molecule has 0 spiro atoms. The molecule has 0 atom stereocenters. The second-order valence-electron chi connectivity index (χ2n) is 6.43. The van der Waals surface area contributed by atoms with Gasteiger partial charge in [0.2, 0.25) is 0 Å². The van der Waals surface area contributed by atoms with E-state index >= 15 is 0 Å². The normalized spacial score (nSPS) is 10.6. The number of rotatable bonds is 9. The van der Waals surface area contributed by atoms with Crippen LogP contribution in [0.1, 0.15) is 34.8 Å². The third kappa shape index (κ3) is 5.35. The van der Waals surface area contributed by atoms with Crippen LogP contribution in [0.5, 0.6) is 11.5 Å². The van der Waals surface area contributed by atoms with Gasteiger partial charge >= 0.3 is 0 Å². The van der Waals surface area contributed by atoms with Crippen molar-refractivity contribution in [2.75, 3.05) is 19.8 Å². The Balaban J connectivity index is 1.61. The lowest BCUT2D eigenvalue weighted by atomic mass is 10.2. The molecule has 1 aromatic heterocycles. The van der Waals surface area contributed by atoms with E-state index in [1.165, 1.54) is 4.88 Å². The molecule has 1 N–H and O–H groups in total. The van der Waals surface area contributed by atoms with Gasteiger partial charge in [-0.15, -0.1) is 11.3 Å². The van der Waals surface area contributed by atoms with Crippen LogP contribution < -0.4 is 14.8 Å². The van der Waals surface area contributed by atoms with Crippen LogP contribution in [0.2, 0.25) is 0 Å². The molecule has 3 aromatic rings. The van der Waals surface area contributed by atoms with Gasteiger partial charge in [0, 0.05) is 29.0 Å². The summed E-state index contributed by atoms with van der Waals surface area (Å²) in [6.07, 6.45) is 0.747. The second kappa shape index (κ2) is 10.1. The minimum absolute atomic E-state index is 0.126. The molecule has 1 heterocycles. The van der Waals surface area contributed by atoms with E-state index in [-0.39, 0.29) is 5.91 Å². The van der Waals surface area contributed by atoms with Crippen molar-refractivity contribution in [2.24, 2.45) is 0 Å². The van der Waals surface area contributed by atoms with Gasteiger partial charge < -0.3 is 14.8 Å². The van der Waals surface area contributed by atoms with Gasteiger partial charge in [-0.3, -0.25) is 4.79 Å². The molecule has 2 aromatic carbocycles. The molecule has 1 amide bonds. The van der Waals surface area contributed by atoms with Gasteiger partial charge in [-0.25, -0.2) is 4.98 Å². The number of carbonyl (C=O) groups excluding carboxylic acids is 1. The summed E-state index contributed by atoms with van der Waals surface area (Å²) in [5.41, 5.74) is 2.69. The highest BCUT2D eigenvalue weighted by atomic mass is 32.1. The number of hydrogen-bond acceptors (Lipinski definition) is 5. The van der Waals surface area contributed by atoms with Gasteiger partial charge in [0.1, 0.15) is 5.01 Å². The maximum absolute atomic E-state index is 12.6. The summed E-state index contributed by atoms with van der Waals surface area (Å²) >= 11 is 1.68. The van der Waals surface area contributed by atoms with Crippen LogP contribution in [-0.4, -0.2) is 30.6 Å². The van der Waals surface area contributed by atoms with E-state index < -0.39 is 0 Å². The summed E-state index contributed by atoms with van der Waals surface area (Å²) < 4.78 is 11.2. The van der Waals surface area contributed by atoms with Crippen LogP contribution in [0.3, 0.4) is 0 Å². The molecule has 152 valence electrons. The minimum Gasteiger partial charge on any atom is -0.490 e. The van der Waals surface area contributed by atoms with E-state index in [1.807, 2.05) is 39.0 Å². The zero-order valence-corrected chi connectivity index (χ0v) is 17.8. The number of hydrogen-bond donors (Lipinski definition) is 1. The topological polar surface area (TPSA) is 60.5 Å². The predicted octanol–water partition coefficient (Wildman–Crippen LogP) is 4.89. The molecule has 3 rings (SSSR count). The number of nitrogens with one attached hydrogen (secondary N) is 1. The molecule has 6 heteroatoms. The van der Waals surface area contributed by atoms with Gasteiger partial charge in [0.25, 0.3) is 5.91 Å². The first-order valence-corrected chi connectivity index (χ1v) is 10.6. The van der Waals surface area contributed by atoms with E-state index in [0.29, 0.717) is 36.8 Å². The number of thiazole rings is 1. The van der Waals surface area contributed by atoms with Crippen LogP contribution >= 0.6 is 11.3 Å². The summed E-state index contributed by atoms with van der Waals surface area (Å²) in [6, 6.07) is 15.4. The number of carbonyl (C=O) groups is 1. The highest BCUT2D eigenvalue weighted by Gasteiger charge is 2.13. The lowest BCUT2D eigenvalue weighted by molar-refractivity contribution is 0.0953. The molecule has 0 aliphatic rings. The molecule has 0 saturated carbocycles. The standard InChI is InChI=1S/C23H26N2O3S/c1-4-27-19-12-11-18(15-20(19)28-5-2)22(26)24-14-13-21-16(3)25-23(29-21)17-9-7-6-8-10-17/h6-12,15H,4-5,13-14H2,1-3H3,(H,24,26). The molecular formula is C23H26N2O3S. The van der Waals surface area contributed by atoms with E-state index in [9.17, 15) is 4.79 Å². The Labute approximate surface area is 175 Å². The fourth-order valence-corrected chi connectivity index (χ4v) is 4.02. The van der Waals surface area contributed by atoms with Crippen molar-refractivity contribution in [1.29, 1.82) is 0 Å². The van der Waals surface area contributed by atoms with Crippen LogP contribution in [0.25, 0.3) is 10.6 Å². The van der Waals surface area contributed by atoms with Crippen molar-refractivity contribution >= 4 is 17.2 Å². The van der Waals surface area contributed by atoms with Crippen LogP contribution in [0.15, 0.2) is 48.5 Å². The van der Waals surface area contributed by atoms with Crippen LogP contribution in [-0.2, 0) is 6.42 Å². The Morgan fingerprint density at radius 2 is 1.76 bits per heavy atom. The average Bonchev–Trinajstić information content (AvgIpc) is 3.11. The summed E-state index contributed by atoms with van der Waals surface area (Å²) in [6.45, 7) is 7.45. The average molecular weight is 411 g/mol. The lowest BCUT2D eigenvalue weighted by Gasteiger charge is -2.12. The van der Waals surface area contributed by atoms with Gasteiger partial charge in [0.15, 0.2) is 11.5 Å². The van der Waals surface area contributed by atoms with E-state index in [1.54, 1.807) is 29.5 Å². The molecule has 0 aliphatic carbocycles. The molecule has 0 saturated heterocycles. The molecule has 5 nitrogen and oxygen atoms in total. The molecular weight excluding hydrogens is 384 g/mol. The highest BCUT2D eigenvalue weighted by Crippen LogP contribution is 2.29. The Hall–Kier alpha value is -2.86. The fraction of sp³-hybridized carbons (Fsp3) is 0.304. The molecule has 0 unspecified atom stereocenters. The number of aromatic nitrogens is 1. The second-order valence-corrected chi connectivity index (χ2v) is 7.51. The van der Waals surface area contributed by atoms with E-state index in [4.69, 9.17) is 9.47 Å². The Morgan fingerprint density at radius 3 is 2.48 bits per heavy atom. The third-order valence-electron chi connectivity index (χ3n) is 4.36. The molecule has 0 radical (unpaired) electrons. The summed E-state index contributed by atoms with van der Waals surface area (Å²) in [7, 11) is 0. The van der Waals surface area contributed by atoms with Crippen molar-refractivity contribution in [1.82, 2.24) is 10.3 Å². The number of nitrogens with zero attached hydrogens (tertiary/aromatic N) is 1. The smallest absolute Gasteiger partial charge is 0.251 e. The van der Waals surface area contributed by atoms with Crippen molar-refractivity contribution in [3.05, 3.63) is 64.7 Å². The SMILES string of the molecule is CCOc1ccc(C(=O)NCCc2sc(-c3ccccc3)nc2C)cc1OCC. The van der Waals surface area contributed by atoms with Gasteiger partial charge in [0.05, 0.1) is 18.9 Å².